The van der Waals surface area contributed by atoms with Gasteiger partial charge < -0.3 is 14.6 Å². The molecule has 9 heteroatoms. The normalized spacial score (nSPS) is 16.9. The number of carbonyl (C=O) groups is 1. The van der Waals surface area contributed by atoms with Crippen molar-refractivity contribution < 1.29 is 22.5 Å². The van der Waals surface area contributed by atoms with Gasteiger partial charge in [0.05, 0.1) is 7.11 Å². The fraction of sp³-hybridized carbons (Fsp3) is 0.478. The number of amides is 1. The van der Waals surface area contributed by atoms with E-state index in [1.165, 1.54) is 4.31 Å². The first kappa shape index (κ1) is 24.0. The molecular formula is C23H31N3O5S. The van der Waals surface area contributed by atoms with Crippen molar-refractivity contribution >= 4 is 28.1 Å². The zero-order chi connectivity index (χ0) is 23.3. The van der Waals surface area contributed by atoms with Crippen molar-refractivity contribution in [3.8, 4) is 5.75 Å². The summed E-state index contributed by atoms with van der Waals surface area (Å²) in [4.78, 5) is 12.5. The number of carbonyl (C=O) groups excluding carboxylic acids is 1. The zero-order valence-corrected chi connectivity index (χ0v) is 19.8. The van der Waals surface area contributed by atoms with Crippen molar-refractivity contribution in [2.45, 2.75) is 51.0 Å². The molecule has 8 nitrogen and oxygen atoms in total. The first-order valence-corrected chi connectivity index (χ1v) is 12.3. The third-order valence-corrected chi connectivity index (χ3v) is 7.86. The third kappa shape index (κ3) is 5.39. The van der Waals surface area contributed by atoms with E-state index in [1.807, 2.05) is 38.1 Å². The van der Waals surface area contributed by atoms with Crippen LogP contribution in [0.3, 0.4) is 0 Å². The van der Waals surface area contributed by atoms with Gasteiger partial charge in [-0.25, -0.2) is 8.42 Å². The Morgan fingerprint density at radius 2 is 1.94 bits per heavy atom. The molecule has 2 heterocycles. The van der Waals surface area contributed by atoms with Crippen LogP contribution < -0.4 is 10.1 Å². The number of hydrogen-bond donors (Lipinski definition) is 1. The van der Waals surface area contributed by atoms with E-state index in [-0.39, 0.29) is 41.6 Å². The quantitative estimate of drug-likeness (QED) is 0.646. The van der Waals surface area contributed by atoms with Crippen molar-refractivity contribution in [2.75, 3.05) is 20.2 Å². The summed E-state index contributed by atoms with van der Waals surface area (Å²) in [6.07, 6.45) is 5.22. The van der Waals surface area contributed by atoms with Crippen LogP contribution in [0.25, 0.3) is 12.2 Å². The number of nitrogens with zero attached hydrogens (tertiary/aromatic N) is 2. The average Bonchev–Trinajstić information content (AvgIpc) is 3.19. The third-order valence-electron chi connectivity index (χ3n) is 5.80. The summed E-state index contributed by atoms with van der Waals surface area (Å²) in [5, 5.41) is 6.88. The molecule has 2 aromatic rings. The average molecular weight is 462 g/mol. The lowest BCUT2D eigenvalue weighted by Crippen LogP contribution is -2.44. The number of piperidine rings is 1. The second-order valence-electron chi connectivity index (χ2n) is 8.06. The van der Waals surface area contributed by atoms with Crippen LogP contribution in [-0.4, -0.2) is 50.0 Å². The molecule has 1 atom stereocenters. The molecule has 1 fully saturated rings. The summed E-state index contributed by atoms with van der Waals surface area (Å²) in [5.74, 6) is 0.756. The molecule has 1 aromatic carbocycles. The van der Waals surface area contributed by atoms with Crippen molar-refractivity contribution in [3.05, 3.63) is 41.3 Å². The Hall–Kier alpha value is -2.65. The number of nitrogens with one attached hydrogen (secondary N) is 1. The van der Waals surface area contributed by atoms with E-state index in [2.05, 4.69) is 10.5 Å². The van der Waals surface area contributed by atoms with Gasteiger partial charge in [0.15, 0.2) is 10.7 Å². The molecule has 1 aliphatic rings. The van der Waals surface area contributed by atoms with Gasteiger partial charge in [-0.1, -0.05) is 30.3 Å². The second kappa shape index (κ2) is 10.3. The highest BCUT2D eigenvalue weighted by atomic mass is 32.2. The van der Waals surface area contributed by atoms with Crippen LogP contribution in [-0.2, 0) is 14.8 Å². The van der Waals surface area contributed by atoms with Crippen LogP contribution in [0.2, 0.25) is 0 Å². The smallest absolute Gasteiger partial charge is 0.248 e. The number of ether oxygens (including phenoxy) is 1. The highest BCUT2D eigenvalue weighted by Crippen LogP contribution is 2.29. The molecule has 0 spiro atoms. The van der Waals surface area contributed by atoms with Crippen LogP contribution in [0, 0.1) is 12.8 Å². The predicted octanol–water partition coefficient (Wildman–Crippen LogP) is 3.48. The molecular weight excluding hydrogens is 430 g/mol. The molecule has 0 bridgehead atoms. The van der Waals surface area contributed by atoms with Crippen LogP contribution in [0.4, 0.5) is 0 Å². The Balaban J connectivity index is 1.73. The topological polar surface area (TPSA) is 102 Å². The second-order valence-corrected chi connectivity index (χ2v) is 9.94. The van der Waals surface area contributed by atoms with Crippen LogP contribution in [0.5, 0.6) is 5.75 Å². The van der Waals surface area contributed by atoms with Crippen LogP contribution in [0.1, 0.15) is 50.1 Å². The highest BCUT2D eigenvalue weighted by Gasteiger charge is 2.36. The predicted molar refractivity (Wildman–Crippen MR) is 123 cm³/mol. The minimum Gasteiger partial charge on any atom is -0.497 e. The fourth-order valence-corrected chi connectivity index (χ4v) is 5.36. The van der Waals surface area contributed by atoms with Gasteiger partial charge >= 0.3 is 0 Å². The van der Waals surface area contributed by atoms with Gasteiger partial charge in [-0.15, -0.1) is 0 Å². The summed E-state index contributed by atoms with van der Waals surface area (Å²) in [7, 11) is -2.20. The van der Waals surface area contributed by atoms with Gasteiger partial charge in [-0.2, -0.15) is 4.31 Å². The lowest BCUT2D eigenvalue weighted by Gasteiger charge is -2.31. The van der Waals surface area contributed by atoms with Crippen molar-refractivity contribution in [2.24, 2.45) is 5.92 Å². The van der Waals surface area contributed by atoms with E-state index in [0.717, 1.165) is 17.7 Å². The molecule has 1 unspecified atom stereocenters. The Morgan fingerprint density at radius 1 is 1.28 bits per heavy atom. The molecule has 1 aromatic heterocycles. The molecule has 1 aliphatic heterocycles. The molecule has 174 valence electrons. The molecule has 1 amide bonds. The highest BCUT2D eigenvalue weighted by molar-refractivity contribution is 7.89. The Labute approximate surface area is 189 Å². The van der Waals surface area contributed by atoms with Gasteiger partial charge in [0.1, 0.15) is 11.4 Å². The maximum atomic E-state index is 13.4. The van der Waals surface area contributed by atoms with Gasteiger partial charge in [0.2, 0.25) is 15.9 Å². The van der Waals surface area contributed by atoms with Gasteiger partial charge in [0, 0.05) is 25.0 Å². The molecule has 0 radical (unpaired) electrons. The number of hydrogen-bond acceptors (Lipinski definition) is 6. The van der Waals surface area contributed by atoms with E-state index in [1.54, 1.807) is 26.2 Å². The molecule has 3 rings (SSSR count). The number of methoxy groups -OCH3 is 1. The minimum absolute atomic E-state index is 0.000621. The Morgan fingerprint density at radius 3 is 2.53 bits per heavy atom. The SMILES string of the molecule is CCC(C)NC(=O)C1CCN(S(=O)(=O)c2c(C)noc2C=Cc2ccc(OC)cc2)CC1. The van der Waals surface area contributed by atoms with Gasteiger partial charge in [0.25, 0.3) is 0 Å². The van der Waals surface area contributed by atoms with Crippen molar-refractivity contribution in [3.63, 3.8) is 0 Å². The van der Waals surface area contributed by atoms with Gasteiger partial charge in [-0.3, -0.25) is 4.79 Å². The van der Waals surface area contributed by atoms with Gasteiger partial charge in [-0.05, 0) is 56.9 Å². The summed E-state index contributed by atoms with van der Waals surface area (Å²) >= 11 is 0. The minimum atomic E-state index is -3.80. The van der Waals surface area contributed by atoms with E-state index >= 15 is 0 Å². The molecule has 1 saturated heterocycles. The standard InChI is InChI=1S/C23H31N3O5S/c1-5-16(2)24-23(27)19-12-14-26(15-13-19)32(28,29)22-17(3)25-31-21(22)11-8-18-6-9-20(30-4)10-7-18/h6-11,16,19H,5,12-15H2,1-4H3,(H,24,27). The van der Waals surface area contributed by atoms with Crippen molar-refractivity contribution in [1.29, 1.82) is 0 Å². The lowest BCUT2D eigenvalue weighted by molar-refractivity contribution is -0.126. The van der Waals surface area contributed by atoms with Crippen molar-refractivity contribution in [1.82, 2.24) is 14.8 Å². The Kier molecular flexibility index (Phi) is 7.73. The van der Waals surface area contributed by atoms with E-state index in [4.69, 9.17) is 9.26 Å². The van der Waals surface area contributed by atoms with Crippen LogP contribution in [0.15, 0.2) is 33.7 Å². The molecule has 32 heavy (non-hydrogen) atoms. The zero-order valence-electron chi connectivity index (χ0n) is 19.0. The van der Waals surface area contributed by atoms with E-state index in [0.29, 0.717) is 18.5 Å². The fourth-order valence-electron chi connectivity index (χ4n) is 3.64. The summed E-state index contributed by atoms with van der Waals surface area (Å²) in [5.41, 5.74) is 1.19. The number of sulfonamides is 1. The van der Waals surface area contributed by atoms with E-state index < -0.39 is 10.0 Å². The molecule has 1 N–H and O–H groups in total. The number of rotatable bonds is 8. The monoisotopic (exact) mass is 461 g/mol. The maximum absolute atomic E-state index is 13.4. The molecule has 0 saturated carbocycles. The van der Waals surface area contributed by atoms with Crippen LogP contribution >= 0.6 is 0 Å². The summed E-state index contributed by atoms with van der Waals surface area (Å²) in [6.45, 7) is 6.17. The van der Waals surface area contributed by atoms with E-state index in [9.17, 15) is 13.2 Å². The summed E-state index contributed by atoms with van der Waals surface area (Å²) < 4.78 is 38.6. The number of aromatic nitrogens is 1. The summed E-state index contributed by atoms with van der Waals surface area (Å²) in [6, 6.07) is 7.49. The Bertz CT molecular complexity index is 1050. The first-order valence-electron chi connectivity index (χ1n) is 10.8. The maximum Gasteiger partial charge on any atom is 0.248 e. The number of aryl methyl sites for hydroxylation is 1. The number of benzene rings is 1. The largest absolute Gasteiger partial charge is 0.497 e. The first-order chi connectivity index (χ1) is 15.3. The molecule has 0 aliphatic carbocycles. The lowest BCUT2D eigenvalue weighted by atomic mass is 9.97.